The van der Waals surface area contributed by atoms with Crippen molar-refractivity contribution in [3.8, 4) is 0 Å². The van der Waals surface area contributed by atoms with Crippen LogP contribution in [0.5, 0.6) is 0 Å². The van der Waals surface area contributed by atoms with Gasteiger partial charge in [-0.1, -0.05) is 72.8 Å². The van der Waals surface area contributed by atoms with Gasteiger partial charge in [0.25, 0.3) is 11.8 Å². The first-order valence-corrected chi connectivity index (χ1v) is 23.3. The van der Waals surface area contributed by atoms with E-state index in [1.807, 2.05) is 106 Å². The number of ether oxygens (including phenoxy) is 1. The Hall–Kier alpha value is -3.54. The molecule has 306 valence electrons. The molecule has 60 heavy (non-hydrogen) atoms. The molecule has 4 aliphatic heterocycles. The topological polar surface area (TPSA) is 201 Å². The van der Waals surface area contributed by atoms with E-state index in [1.54, 1.807) is 42.6 Å². The summed E-state index contributed by atoms with van der Waals surface area (Å²) in [5.74, 6) is -3.43. The molecule has 0 aliphatic carbocycles. The second-order valence-corrected chi connectivity index (χ2v) is 22.4. The van der Waals surface area contributed by atoms with E-state index in [2.05, 4.69) is 9.97 Å². The van der Waals surface area contributed by atoms with Crippen molar-refractivity contribution in [1.82, 2.24) is 19.8 Å². The Morgan fingerprint density at radius 1 is 0.650 bits per heavy atom. The number of esters is 1. The molecule has 8 rings (SSSR count). The summed E-state index contributed by atoms with van der Waals surface area (Å²) in [7, 11) is -7.85. The Labute approximate surface area is 396 Å². The van der Waals surface area contributed by atoms with Gasteiger partial charge in [0.15, 0.2) is 42.6 Å². The van der Waals surface area contributed by atoms with E-state index in [-0.39, 0.29) is 40.7 Å². The summed E-state index contributed by atoms with van der Waals surface area (Å²) < 4.78 is 56.5. The maximum absolute atomic E-state index is 13.7. The van der Waals surface area contributed by atoms with Gasteiger partial charge in [0, 0.05) is 12.4 Å². The van der Waals surface area contributed by atoms with Crippen LogP contribution in [0.4, 0.5) is 0 Å². The van der Waals surface area contributed by atoms with Crippen LogP contribution in [-0.4, -0.2) is 92.7 Å². The quantitative estimate of drug-likeness (QED) is 0.0839. The third-order valence-electron chi connectivity index (χ3n) is 11.0. The van der Waals surface area contributed by atoms with Gasteiger partial charge < -0.3 is 24.4 Å². The fourth-order valence-corrected chi connectivity index (χ4v) is 14.1. The molecule has 6 heterocycles. The van der Waals surface area contributed by atoms with Crippen LogP contribution in [0.15, 0.2) is 121 Å². The zero-order valence-corrected chi connectivity index (χ0v) is 40.7. The number of carboxylic acids is 1. The van der Waals surface area contributed by atoms with Crippen LogP contribution in [0.2, 0.25) is 0 Å². The average Bonchev–Trinajstić information content (AvgIpc) is 3.46. The second kappa shape index (κ2) is 17.0. The largest absolute Gasteiger partial charge is 1.00 e. The summed E-state index contributed by atoms with van der Waals surface area (Å²) in [6.07, 6.45) is 2.36. The molecular formula is C41H35I2N4NaO10S2. The van der Waals surface area contributed by atoms with Crippen LogP contribution < -0.4 is 34.7 Å². The van der Waals surface area contributed by atoms with E-state index < -0.39 is 81.9 Å². The first-order chi connectivity index (χ1) is 27.8. The first kappa shape index (κ1) is 46.0. The standard InChI is InChI=1S/C27H23IN2O5S.C14H13IN2O5S.Na/c1-27(2)23(26(32)35-22(17-11-5-3-6-12-17)18-13-7-4-8-14-18)30-24(31)20(25(30)36(27,33)34)21(28)19-15-9-10-16-29-19;1-14(2)10(13(19)20)17-11(18)8(12(17)23(14,21)22)9(15)7-5-3-4-6-16-7;/h3-16,22-23,25H,1-2H3;3-6,10,12H,1-2H3,(H,19,20);/q;;+1/p-1/b21-20+;9-8+;/t23-,25+;10-,12+;/m00./s1. The van der Waals surface area contributed by atoms with Crippen molar-refractivity contribution in [2.75, 3.05) is 0 Å². The number of pyridine rings is 2. The van der Waals surface area contributed by atoms with E-state index in [1.165, 1.54) is 33.9 Å². The van der Waals surface area contributed by atoms with Gasteiger partial charge in [-0.2, -0.15) is 0 Å². The smallest absolute Gasteiger partial charge is 0.548 e. The van der Waals surface area contributed by atoms with Crippen molar-refractivity contribution in [1.29, 1.82) is 0 Å². The van der Waals surface area contributed by atoms with Crippen molar-refractivity contribution in [2.45, 2.75) is 66.1 Å². The number of halogens is 2. The van der Waals surface area contributed by atoms with Crippen LogP contribution >= 0.6 is 45.2 Å². The molecule has 2 amide bonds. The summed E-state index contributed by atoms with van der Waals surface area (Å²) in [4.78, 5) is 61.2. The molecule has 4 saturated heterocycles. The fraction of sp³-hybridized carbons (Fsp3) is 0.268. The number of hydrogen-bond donors (Lipinski definition) is 0. The van der Waals surface area contributed by atoms with E-state index in [0.29, 0.717) is 18.5 Å². The third-order valence-corrected chi connectivity index (χ3v) is 18.7. The molecule has 4 fully saturated rings. The number of nitrogens with zero attached hydrogens (tertiary/aromatic N) is 4. The van der Waals surface area contributed by atoms with Gasteiger partial charge in [-0.3, -0.25) is 19.6 Å². The molecule has 4 atom stereocenters. The van der Waals surface area contributed by atoms with Crippen molar-refractivity contribution in [3.63, 3.8) is 0 Å². The van der Waals surface area contributed by atoms with E-state index in [4.69, 9.17) is 4.74 Å². The van der Waals surface area contributed by atoms with E-state index in [9.17, 15) is 41.1 Å². The molecule has 4 aliphatic rings. The molecule has 4 aromatic rings. The maximum atomic E-state index is 13.7. The molecule has 0 radical (unpaired) electrons. The second-order valence-electron chi connectivity index (χ2n) is 15.1. The zero-order chi connectivity index (χ0) is 42.8. The van der Waals surface area contributed by atoms with Crippen LogP contribution in [0, 0.1) is 0 Å². The summed E-state index contributed by atoms with van der Waals surface area (Å²) in [5.41, 5.74) is 2.68. The van der Waals surface area contributed by atoms with Gasteiger partial charge >= 0.3 is 35.5 Å². The van der Waals surface area contributed by atoms with Crippen molar-refractivity contribution < 1.29 is 75.4 Å². The van der Waals surface area contributed by atoms with Crippen molar-refractivity contribution >= 4 is 95.8 Å². The summed E-state index contributed by atoms with van der Waals surface area (Å²) >= 11 is 3.82. The van der Waals surface area contributed by atoms with Gasteiger partial charge in [-0.15, -0.1) is 0 Å². The van der Waals surface area contributed by atoms with Gasteiger partial charge in [0.2, 0.25) is 0 Å². The number of carbonyl (C=O) groups excluding carboxylic acids is 4. The minimum atomic E-state index is -3.95. The maximum Gasteiger partial charge on any atom is 1.00 e. The summed E-state index contributed by atoms with van der Waals surface area (Å²) in [5, 5.41) is 8.90. The first-order valence-electron chi connectivity index (χ1n) is 18.0. The van der Waals surface area contributed by atoms with Crippen molar-refractivity contribution in [2.24, 2.45) is 0 Å². The number of carbonyl (C=O) groups is 4. The molecule has 0 spiro atoms. The van der Waals surface area contributed by atoms with Crippen molar-refractivity contribution in [3.05, 3.63) is 143 Å². The third kappa shape index (κ3) is 7.26. The van der Waals surface area contributed by atoms with E-state index >= 15 is 0 Å². The molecule has 0 unspecified atom stereocenters. The molecule has 0 bridgehead atoms. The van der Waals surface area contributed by atoms with Gasteiger partial charge in [-0.05, 0) is 108 Å². The van der Waals surface area contributed by atoms with Gasteiger partial charge in [-0.25, -0.2) is 21.6 Å². The predicted molar refractivity (Wildman–Crippen MR) is 231 cm³/mol. The van der Waals surface area contributed by atoms with Crippen LogP contribution in [0.1, 0.15) is 56.3 Å². The van der Waals surface area contributed by atoms with Gasteiger partial charge in [0.05, 0.1) is 46.5 Å². The SMILES string of the molecule is CC1(C)[C@H](C(=O)OC(c2ccccc2)c2ccccc2)N2C(=O)/C(=C(\I)c3ccccn3)[C@H]2S1(=O)=O.CC1(C)[C@H](C(=O)[O-])N2C(=O)/C(=C(\I)c3ccccn3)[C@H]2S1(=O)=O.[Na+]. The molecule has 19 heteroatoms. The number of hydrogen-bond acceptors (Lipinski definition) is 12. The molecule has 0 N–H and O–H groups in total. The number of aromatic nitrogens is 2. The van der Waals surface area contributed by atoms with Crippen LogP contribution in [-0.2, 0) is 43.6 Å². The fourth-order valence-electron chi connectivity index (χ4n) is 7.74. The number of benzene rings is 2. The zero-order valence-electron chi connectivity index (χ0n) is 32.7. The summed E-state index contributed by atoms with van der Waals surface area (Å²) in [6.45, 7) is 5.57. The Morgan fingerprint density at radius 2 is 1.02 bits per heavy atom. The monoisotopic (exact) mass is 1080 g/mol. The number of rotatable bonds is 7. The number of amides is 2. The summed E-state index contributed by atoms with van der Waals surface area (Å²) in [6, 6.07) is 26.0. The number of β-lactam (4-membered cyclic amide) rings is 2. The minimum absolute atomic E-state index is 0. The molecular weight excluding hydrogens is 1050 g/mol. The Kier molecular flexibility index (Phi) is 13.0. The van der Waals surface area contributed by atoms with Crippen LogP contribution in [0.25, 0.3) is 7.16 Å². The number of aliphatic carboxylic acids is 1. The predicted octanol–water partition coefficient (Wildman–Crippen LogP) is 1.03. The molecule has 2 aromatic carbocycles. The number of carboxylic acid groups (broad SMARTS) is 1. The number of fused-ring (bicyclic) bond motifs is 2. The van der Waals surface area contributed by atoms with E-state index in [0.717, 1.165) is 20.9 Å². The Bertz CT molecular complexity index is 2630. The van der Waals surface area contributed by atoms with Crippen LogP contribution in [0.3, 0.4) is 0 Å². The number of sulfone groups is 2. The molecule has 14 nitrogen and oxygen atoms in total. The van der Waals surface area contributed by atoms with Gasteiger partial charge in [0.1, 0.15) is 4.75 Å². The normalized spacial score (nSPS) is 25.2. The molecule has 2 aromatic heterocycles. The average molecular weight is 1080 g/mol. The Balaban J connectivity index is 0.000000218. The minimum Gasteiger partial charge on any atom is -0.548 e. The Morgan fingerprint density at radius 3 is 1.38 bits per heavy atom. The molecule has 0 saturated carbocycles.